The molecule has 0 spiro atoms. The number of ether oxygens (including phenoxy) is 2. The van der Waals surface area contributed by atoms with Crippen molar-refractivity contribution in [1.82, 2.24) is 9.47 Å². The fraction of sp³-hybridized carbons (Fsp3) is 0.179. The van der Waals surface area contributed by atoms with Gasteiger partial charge in [0.05, 0.1) is 18.3 Å². The van der Waals surface area contributed by atoms with Gasteiger partial charge in [-0.05, 0) is 31.2 Å². The van der Waals surface area contributed by atoms with Gasteiger partial charge >= 0.3 is 6.09 Å². The number of pyridine rings is 1. The Morgan fingerprint density at radius 1 is 0.974 bits per heavy atom. The van der Waals surface area contributed by atoms with E-state index in [1.165, 1.54) is 67.2 Å². The van der Waals surface area contributed by atoms with Crippen LogP contribution in [0.5, 0.6) is 17.2 Å². The number of rotatable bonds is 6. The van der Waals surface area contributed by atoms with Crippen LogP contribution in [0.25, 0.3) is 16.6 Å². The zero-order valence-electron chi connectivity index (χ0n) is 21.6. The number of carbonyl (C=O) groups excluding carboxylic acids is 2. The summed E-state index contributed by atoms with van der Waals surface area (Å²) in [6, 6.07) is 11.2. The van der Waals surface area contributed by atoms with Gasteiger partial charge < -0.3 is 28.9 Å². The molecule has 0 unspecified atom stereocenters. The number of halogens is 2. The smallest absolute Gasteiger partial charge is 0.414 e. The number of benzene rings is 3. The Labute approximate surface area is 222 Å². The second kappa shape index (κ2) is 10.8. The first-order valence-corrected chi connectivity index (χ1v) is 11.8. The Kier molecular flexibility index (Phi) is 7.52. The lowest BCUT2D eigenvalue weighted by atomic mass is 10.1. The van der Waals surface area contributed by atoms with Crippen LogP contribution >= 0.6 is 0 Å². The first kappa shape index (κ1) is 27.1. The van der Waals surface area contributed by atoms with Crippen LogP contribution in [0, 0.1) is 11.6 Å². The summed E-state index contributed by atoms with van der Waals surface area (Å²) >= 11 is 0. The molecule has 1 heterocycles. The van der Waals surface area contributed by atoms with Crippen molar-refractivity contribution >= 4 is 28.6 Å². The first-order chi connectivity index (χ1) is 18.5. The minimum absolute atomic E-state index is 0.0125. The monoisotopic (exact) mass is 537 g/mol. The first-order valence-electron chi connectivity index (χ1n) is 11.8. The zero-order chi connectivity index (χ0) is 28.4. The molecule has 1 aromatic heterocycles. The molecular weight excluding hydrogens is 512 g/mol. The fourth-order valence-electron chi connectivity index (χ4n) is 4.03. The van der Waals surface area contributed by atoms with E-state index in [2.05, 4.69) is 0 Å². The number of phenolic OH excluding ortho intramolecular Hbond substituents is 1. The van der Waals surface area contributed by atoms with Crippen molar-refractivity contribution in [3.63, 3.8) is 0 Å². The number of aromatic nitrogens is 1. The summed E-state index contributed by atoms with van der Waals surface area (Å²) in [5.74, 6) is -2.26. The van der Waals surface area contributed by atoms with Gasteiger partial charge in [0.2, 0.25) is 5.43 Å². The quantitative estimate of drug-likeness (QED) is 0.382. The number of hydrogen-bond donors (Lipinski definition) is 1. The van der Waals surface area contributed by atoms with Crippen LogP contribution in [0.15, 0.2) is 65.6 Å². The normalized spacial score (nSPS) is 10.8. The Morgan fingerprint density at radius 2 is 1.64 bits per heavy atom. The van der Waals surface area contributed by atoms with Gasteiger partial charge in [0.1, 0.15) is 34.4 Å². The maximum atomic E-state index is 13.9. The molecule has 4 rings (SSSR count). The minimum atomic E-state index is -0.876. The molecule has 0 bridgehead atoms. The number of aromatic hydroxyl groups is 1. The number of anilines is 1. The van der Waals surface area contributed by atoms with Crippen LogP contribution in [0.1, 0.15) is 17.3 Å². The van der Waals surface area contributed by atoms with E-state index in [9.17, 15) is 28.3 Å². The van der Waals surface area contributed by atoms with Gasteiger partial charge in [0.25, 0.3) is 5.91 Å². The second-order valence-corrected chi connectivity index (χ2v) is 8.75. The predicted octanol–water partition coefficient (Wildman–Crippen LogP) is 4.71. The number of nitrogens with zero attached hydrogens (tertiary/aromatic N) is 3. The molecule has 1 N–H and O–H groups in total. The molecule has 0 aliphatic heterocycles. The molecule has 202 valence electrons. The van der Waals surface area contributed by atoms with Gasteiger partial charge in [0, 0.05) is 68.2 Å². The summed E-state index contributed by atoms with van der Waals surface area (Å²) in [6.07, 6.45) is 0.616. The van der Waals surface area contributed by atoms with Crippen LogP contribution in [-0.2, 0) is 0 Å². The summed E-state index contributed by atoms with van der Waals surface area (Å²) in [5.41, 5.74) is -0.427. The van der Waals surface area contributed by atoms with E-state index in [4.69, 9.17) is 9.47 Å². The van der Waals surface area contributed by atoms with E-state index < -0.39 is 29.1 Å². The molecular formula is C28H25F2N3O6. The van der Waals surface area contributed by atoms with Crippen LogP contribution in [0.4, 0.5) is 19.3 Å². The molecule has 0 radical (unpaired) electrons. The molecule has 0 fully saturated rings. The summed E-state index contributed by atoms with van der Waals surface area (Å²) in [5, 5.41) is 10.3. The van der Waals surface area contributed by atoms with Crippen molar-refractivity contribution in [2.75, 3.05) is 32.6 Å². The van der Waals surface area contributed by atoms with Crippen molar-refractivity contribution in [3.05, 3.63) is 88.2 Å². The number of fused-ring (bicyclic) bond motifs is 1. The van der Waals surface area contributed by atoms with Crippen molar-refractivity contribution in [2.24, 2.45) is 0 Å². The molecule has 3 aromatic carbocycles. The second-order valence-electron chi connectivity index (χ2n) is 8.75. The number of methoxy groups -OCH3 is 1. The summed E-state index contributed by atoms with van der Waals surface area (Å²) < 4.78 is 40.1. The molecule has 0 saturated heterocycles. The average Bonchev–Trinajstić information content (AvgIpc) is 2.88. The van der Waals surface area contributed by atoms with Crippen LogP contribution < -0.4 is 19.8 Å². The number of carbonyl (C=O) groups is 2. The topological polar surface area (TPSA) is 101 Å². The highest BCUT2D eigenvalue weighted by molar-refractivity contribution is 6.07. The molecule has 0 aliphatic carbocycles. The average molecular weight is 538 g/mol. The lowest BCUT2D eigenvalue weighted by Crippen LogP contribution is -2.35. The molecule has 39 heavy (non-hydrogen) atoms. The van der Waals surface area contributed by atoms with E-state index in [-0.39, 0.29) is 40.2 Å². The summed E-state index contributed by atoms with van der Waals surface area (Å²) in [6.45, 7) is 1.62. The van der Waals surface area contributed by atoms with E-state index in [1.54, 1.807) is 13.0 Å². The SMILES string of the molecule is CCN(C(=O)c1cn(-c2cc(OC)cc(OC(=O)N(C)C)c2)c2cc(O)ccc2c1=O)c1cc(F)cc(F)c1. The highest BCUT2D eigenvalue weighted by Crippen LogP contribution is 2.29. The van der Waals surface area contributed by atoms with Crippen molar-refractivity contribution in [1.29, 1.82) is 0 Å². The van der Waals surface area contributed by atoms with Gasteiger partial charge in [-0.15, -0.1) is 0 Å². The Hall–Kier alpha value is -4.93. The van der Waals surface area contributed by atoms with Crippen molar-refractivity contribution < 1.29 is 33.0 Å². The highest BCUT2D eigenvalue weighted by atomic mass is 19.1. The van der Waals surface area contributed by atoms with Crippen molar-refractivity contribution in [3.8, 4) is 22.9 Å². The molecule has 11 heteroatoms. The molecule has 0 aliphatic rings. The number of hydrogen-bond acceptors (Lipinski definition) is 6. The van der Waals surface area contributed by atoms with Gasteiger partial charge in [-0.1, -0.05) is 0 Å². The summed E-state index contributed by atoms with van der Waals surface area (Å²) in [4.78, 5) is 41.6. The van der Waals surface area contributed by atoms with E-state index in [1.807, 2.05) is 0 Å². The third kappa shape index (κ3) is 5.52. The van der Waals surface area contributed by atoms with Gasteiger partial charge in [-0.3, -0.25) is 9.59 Å². The molecule has 0 atom stereocenters. The zero-order valence-corrected chi connectivity index (χ0v) is 21.6. The van der Waals surface area contributed by atoms with Crippen LogP contribution in [0.3, 0.4) is 0 Å². The van der Waals surface area contributed by atoms with E-state index >= 15 is 0 Å². The van der Waals surface area contributed by atoms with E-state index in [0.29, 0.717) is 17.5 Å². The third-order valence-electron chi connectivity index (χ3n) is 5.89. The Bertz CT molecular complexity index is 1630. The third-order valence-corrected chi connectivity index (χ3v) is 5.89. The maximum Gasteiger partial charge on any atom is 0.414 e. The lowest BCUT2D eigenvalue weighted by molar-refractivity contribution is 0.0987. The highest BCUT2D eigenvalue weighted by Gasteiger charge is 2.24. The van der Waals surface area contributed by atoms with Crippen molar-refractivity contribution in [2.45, 2.75) is 6.92 Å². The summed E-state index contributed by atoms with van der Waals surface area (Å²) in [7, 11) is 4.45. The molecule has 4 aromatic rings. The fourth-order valence-corrected chi connectivity index (χ4v) is 4.03. The number of phenols is 1. The van der Waals surface area contributed by atoms with Gasteiger partial charge in [-0.25, -0.2) is 13.6 Å². The standard InChI is InChI=1S/C28H25F2N3O6/c1-5-32(18-9-16(29)8-17(30)10-18)27(36)24-15-33(25-13-20(34)6-7-23(25)26(24)35)19-11-21(38-4)14-22(12-19)39-28(37)31(2)3/h6-15,34H,5H2,1-4H3. The Balaban J connectivity index is 1.95. The molecule has 9 nitrogen and oxygen atoms in total. The number of amides is 2. The molecule has 2 amide bonds. The largest absolute Gasteiger partial charge is 0.508 e. The van der Waals surface area contributed by atoms with E-state index in [0.717, 1.165) is 17.0 Å². The van der Waals surface area contributed by atoms with Crippen LogP contribution in [-0.4, -0.2) is 54.3 Å². The maximum absolute atomic E-state index is 13.9. The minimum Gasteiger partial charge on any atom is -0.508 e. The predicted molar refractivity (Wildman–Crippen MR) is 141 cm³/mol. The lowest BCUT2D eigenvalue weighted by Gasteiger charge is -2.22. The molecule has 0 saturated carbocycles. The van der Waals surface area contributed by atoms with Gasteiger partial charge in [-0.2, -0.15) is 0 Å². The van der Waals surface area contributed by atoms with Crippen LogP contribution in [0.2, 0.25) is 0 Å². The van der Waals surface area contributed by atoms with Gasteiger partial charge in [0.15, 0.2) is 0 Å². The Morgan fingerprint density at radius 3 is 2.26 bits per heavy atom.